The van der Waals surface area contributed by atoms with Gasteiger partial charge in [-0.3, -0.25) is 0 Å². The van der Waals surface area contributed by atoms with Crippen LogP contribution in [0.3, 0.4) is 0 Å². The second-order valence-electron chi connectivity index (χ2n) is 9.96. The van der Waals surface area contributed by atoms with E-state index < -0.39 is 0 Å². The van der Waals surface area contributed by atoms with Crippen LogP contribution in [0.25, 0.3) is 0 Å². The summed E-state index contributed by atoms with van der Waals surface area (Å²) in [6, 6.07) is 0. The number of hydrogen-bond acceptors (Lipinski definition) is 1. The fourth-order valence-electron chi connectivity index (χ4n) is 4.95. The molecule has 1 nitrogen and oxygen atoms in total. The van der Waals surface area contributed by atoms with Crippen LogP contribution >= 0.6 is 0 Å². The van der Waals surface area contributed by atoms with Crippen molar-refractivity contribution in [2.45, 2.75) is 105 Å². The second-order valence-corrected chi connectivity index (χ2v) is 9.96. The molecule has 0 bridgehead atoms. The highest BCUT2D eigenvalue weighted by Crippen LogP contribution is 2.46. The van der Waals surface area contributed by atoms with Crippen molar-refractivity contribution in [1.82, 2.24) is 0 Å². The molecule has 2 fully saturated rings. The summed E-state index contributed by atoms with van der Waals surface area (Å²) in [5, 5.41) is 0. The Morgan fingerprint density at radius 3 is 2.04 bits per heavy atom. The molecule has 2 aliphatic carbocycles. The van der Waals surface area contributed by atoms with Crippen molar-refractivity contribution in [2.24, 2.45) is 28.6 Å². The molecule has 0 spiro atoms. The molecule has 23 heavy (non-hydrogen) atoms. The zero-order valence-electron chi connectivity index (χ0n) is 16.8. The van der Waals surface area contributed by atoms with Gasteiger partial charge in [0.1, 0.15) is 0 Å². The van der Waals surface area contributed by atoms with Gasteiger partial charge in [0.2, 0.25) is 0 Å². The Bertz CT molecular complexity index is 327. The van der Waals surface area contributed by atoms with Gasteiger partial charge in [-0.05, 0) is 67.1 Å². The normalized spacial score (nSPS) is 39.1. The minimum atomic E-state index is 0.504. The van der Waals surface area contributed by atoms with Crippen LogP contribution in [-0.2, 0) is 4.74 Å². The fraction of sp³-hybridized carbons (Fsp3) is 1.00. The van der Waals surface area contributed by atoms with Crippen LogP contribution in [0.5, 0.6) is 0 Å². The highest BCUT2D eigenvalue weighted by atomic mass is 16.5. The molecule has 0 aromatic heterocycles. The summed E-state index contributed by atoms with van der Waals surface area (Å²) in [4.78, 5) is 0. The largest absolute Gasteiger partial charge is 0.378 e. The van der Waals surface area contributed by atoms with E-state index in [2.05, 4.69) is 41.5 Å². The number of ether oxygens (including phenoxy) is 1. The summed E-state index contributed by atoms with van der Waals surface area (Å²) in [5.74, 6) is 2.49. The molecule has 136 valence electrons. The molecule has 0 aromatic rings. The van der Waals surface area contributed by atoms with Crippen LogP contribution in [-0.4, -0.2) is 12.7 Å². The lowest BCUT2D eigenvalue weighted by molar-refractivity contribution is -0.0336. The quantitative estimate of drug-likeness (QED) is 0.519. The molecule has 0 saturated heterocycles. The van der Waals surface area contributed by atoms with E-state index in [4.69, 9.17) is 4.74 Å². The van der Waals surface area contributed by atoms with Gasteiger partial charge in [-0.1, -0.05) is 60.8 Å². The van der Waals surface area contributed by atoms with Crippen LogP contribution in [0.2, 0.25) is 0 Å². The van der Waals surface area contributed by atoms with Gasteiger partial charge in [-0.2, -0.15) is 0 Å². The lowest BCUT2D eigenvalue weighted by atomic mass is 9.64. The third-order valence-electron chi connectivity index (χ3n) is 7.75. The molecular formula is C22H42O. The van der Waals surface area contributed by atoms with Gasteiger partial charge in [0.05, 0.1) is 6.10 Å². The highest BCUT2D eigenvalue weighted by Gasteiger charge is 2.36. The Balaban J connectivity index is 1.74. The lowest BCUT2D eigenvalue weighted by Crippen LogP contribution is -2.35. The van der Waals surface area contributed by atoms with Gasteiger partial charge in [-0.25, -0.2) is 0 Å². The Morgan fingerprint density at radius 2 is 1.43 bits per heavy atom. The summed E-state index contributed by atoms with van der Waals surface area (Å²) in [6.45, 7) is 15.6. The Kier molecular flexibility index (Phi) is 6.62. The third-order valence-corrected chi connectivity index (χ3v) is 7.75. The maximum Gasteiger partial charge on any atom is 0.0580 e. The molecule has 0 N–H and O–H groups in total. The van der Waals surface area contributed by atoms with E-state index in [1.807, 2.05) is 0 Å². The van der Waals surface area contributed by atoms with Crippen molar-refractivity contribution in [3.8, 4) is 0 Å². The highest BCUT2D eigenvalue weighted by molar-refractivity contribution is 4.87. The van der Waals surface area contributed by atoms with Gasteiger partial charge < -0.3 is 4.74 Å². The molecule has 2 aliphatic rings. The minimum Gasteiger partial charge on any atom is -0.378 e. The van der Waals surface area contributed by atoms with Crippen LogP contribution in [0.1, 0.15) is 99.3 Å². The smallest absolute Gasteiger partial charge is 0.0580 e. The average Bonchev–Trinajstić information content (AvgIpc) is 2.47. The van der Waals surface area contributed by atoms with Gasteiger partial charge >= 0.3 is 0 Å². The van der Waals surface area contributed by atoms with Crippen molar-refractivity contribution < 1.29 is 4.74 Å². The van der Waals surface area contributed by atoms with Gasteiger partial charge in [0.25, 0.3) is 0 Å². The van der Waals surface area contributed by atoms with E-state index >= 15 is 0 Å². The zero-order valence-corrected chi connectivity index (χ0v) is 16.8. The second kappa shape index (κ2) is 7.89. The predicted molar refractivity (Wildman–Crippen MR) is 101 cm³/mol. The maximum absolute atomic E-state index is 6.36. The molecule has 4 atom stereocenters. The van der Waals surface area contributed by atoms with Gasteiger partial charge in [-0.15, -0.1) is 0 Å². The van der Waals surface area contributed by atoms with E-state index in [1.165, 1.54) is 57.8 Å². The zero-order chi connectivity index (χ0) is 17.1. The van der Waals surface area contributed by atoms with Crippen molar-refractivity contribution >= 4 is 0 Å². The maximum atomic E-state index is 6.36. The molecule has 0 radical (unpaired) electrons. The first-order valence-electron chi connectivity index (χ1n) is 10.4. The van der Waals surface area contributed by atoms with E-state index in [-0.39, 0.29) is 0 Å². The molecule has 0 amide bonds. The van der Waals surface area contributed by atoms with E-state index in [1.54, 1.807) is 0 Å². The summed E-state index contributed by atoms with van der Waals surface area (Å²) in [7, 11) is 0. The van der Waals surface area contributed by atoms with Crippen LogP contribution in [0.15, 0.2) is 0 Å². The Morgan fingerprint density at radius 1 is 0.870 bits per heavy atom. The van der Waals surface area contributed by atoms with E-state index in [0.717, 1.165) is 24.4 Å². The first kappa shape index (κ1) is 19.3. The van der Waals surface area contributed by atoms with Crippen LogP contribution < -0.4 is 0 Å². The Hall–Kier alpha value is -0.0400. The topological polar surface area (TPSA) is 9.23 Å². The predicted octanol–water partition coefficient (Wildman–Crippen LogP) is 6.85. The molecule has 0 heterocycles. The SMILES string of the molecule is CC(C)C1(C)CCCC(CCOC2CCCC(C)(C(C)C)C2)C1. The molecule has 4 unspecified atom stereocenters. The molecule has 2 saturated carbocycles. The summed E-state index contributed by atoms with van der Waals surface area (Å²) < 4.78 is 6.36. The van der Waals surface area contributed by atoms with Crippen molar-refractivity contribution in [1.29, 1.82) is 0 Å². The van der Waals surface area contributed by atoms with Gasteiger partial charge in [0.15, 0.2) is 0 Å². The van der Waals surface area contributed by atoms with Crippen molar-refractivity contribution in [2.75, 3.05) is 6.61 Å². The molecule has 0 aliphatic heterocycles. The number of hydrogen-bond donors (Lipinski definition) is 0. The summed E-state index contributed by atoms with van der Waals surface area (Å²) in [6.07, 6.45) is 12.8. The molecule has 2 rings (SSSR count). The van der Waals surface area contributed by atoms with E-state index in [9.17, 15) is 0 Å². The summed E-state index contributed by atoms with van der Waals surface area (Å²) in [5.41, 5.74) is 1.08. The van der Waals surface area contributed by atoms with E-state index in [0.29, 0.717) is 16.9 Å². The summed E-state index contributed by atoms with van der Waals surface area (Å²) >= 11 is 0. The van der Waals surface area contributed by atoms with Crippen molar-refractivity contribution in [3.63, 3.8) is 0 Å². The monoisotopic (exact) mass is 322 g/mol. The standard InChI is InChI=1S/C22H42O/c1-17(2)21(5)12-7-9-19(15-21)11-14-23-20-10-8-13-22(6,16-20)18(3)4/h17-20H,7-16H2,1-6H3. The third kappa shape index (κ3) is 4.97. The lowest BCUT2D eigenvalue weighted by Gasteiger charge is -2.42. The Labute approximate surface area is 146 Å². The van der Waals surface area contributed by atoms with Crippen molar-refractivity contribution in [3.05, 3.63) is 0 Å². The fourth-order valence-corrected chi connectivity index (χ4v) is 4.95. The minimum absolute atomic E-state index is 0.504. The molecule has 1 heteroatoms. The van der Waals surface area contributed by atoms with Crippen LogP contribution in [0.4, 0.5) is 0 Å². The first-order valence-corrected chi connectivity index (χ1v) is 10.4. The van der Waals surface area contributed by atoms with Crippen LogP contribution in [0, 0.1) is 28.6 Å². The number of rotatable bonds is 6. The first-order chi connectivity index (χ1) is 10.8. The molecular weight excluding hydrogens is 280 g/mol. The average molecular weight is 323 g/mol. The molecule has 0 aromatic carbocycles. The van der Waals surface area contributed by atoms with Gasteiger partial charge in [0, 0.05) is 6.61 Å².